The van der Waals surface area contributed by atoms with Crippen LogP contribution in [0.4, 0.5) is 4.79 Å². The predicted octanol–water partition coefficient (Wildman–Crippen LogP) is 4.66. The van der Waals surface area contributed by atoms with Crippen LogP contribution in [0.15, 0.2) is 77.0 Å². The van der Waals surface area contributed by atoms with Gasteiger partial charge in [-0.2, -0.15) is 5.10 Å². The summed E-state index contributed by atoms with van der Waals surface area (Å²) in [5, 5.41) is 9.62. The van der Waals surface area contributed by atoms with Crippen LogP contribution in [0.2, 0.25) is 5.02 Å². The Morgan fingerprint density at radius 1 is 1.00 bits per heavy atom. The van der Waals surface area contributed by atoms with Gasteiger partial charge in [0.15, 0.2) is 29.6 Å². The molecule has 0 bridgehead atoms. The van der Waals surface area contributed by atoms with Crippen LogP contribution in [0.3, 0.4) is 0 Å². The van der Waals surface area contributed by atoms with E-state index in [-0.39, 0.29) is 30.3 Å². The van der Waals surface area contributed by atoms with Crippen molar-refractivity contribution in [3.05, 3.63) is 93.6 Å². The Bertz CT molecular complexity index is 1610. The minimum atomic E-state index is -0.782. The van der Waals surface area contributed by atoms with E-state index in [2.05, 4.69) is 21.2 Å². The summed E-state index contributed by atoms with van der Waals surface area (Å²) in [7, 11) is 2.93. The third kappa shape index (κ3) is 8.45. The van der Waals surface area contributed by atoms with Crippen molar-refractivity contribution in [3.63, 3.8) is 0 Å². The van der Waals surface area contributed by atoms with Gasteiger partial charge in [0.1, 0.15) is 6.61 Å². The summed E-state index contributed by atoms with van der Waals surface area (Å²) in [4.78, 5) is 37.2. The van der Waals surface area contributed by atoms with Crippen molar-refractivity contribution in [1.82, 2.24) is 16.1 Å². The maximum Gasteiger partial charge on any atom is 0.338 e. The number of rotatable bonds is 13. The molecule has 0 aromatic heterocycles. The number of nitrogens with one attached hydrogen (secondary N) is 3. The molecule has 0 radical (unpaired) electrons. The first kappa shape index (κ1) is 32.7. The number of allylic oxidation sites excluding steroid dienone is 1. The van der Waals surface area contributed by atoms with Gasteiger partial charge in [-0.1, -0.05) is 48.0 Å². The molecule has 1 atom stereocenters. The number of benzene rings is 3. The normalized spacial score (nSPS) is 14.3. The summed E-state index contributed by atoms with van der Waals surface area (Å²) in [5.41, 5.74) is 5.14. The SMILES string of the molecule is CCOC(=O)C1=C(C)NC(=O)N[C@@H]1c1ccc(OCC(=O)N/N=C\c2cc(Cl)c(OCc3ccccc3)c(OC)c2)c(OC)c1. The van der Waals surface area contributed by atoms with Crippen LogP contribution in [0.5, 0.6) is 23.0 Å². The molecule has 13 heteroatoms. The topological polar surface area (TPSA) is 146 Å². The molecule has 0 aliphatic carbocycles. The van der Waals surface area contributed by atoms with E-state index in [1.54, 1.807) is 44.2 Å². The predicted molar refractivity (Wildman–Crippen MR) is 167 cm³/mol. The smallest absolute Gasteiger partial charge is 0.338 e. The molecule has 45 heavy (non-hydrogen) atoms. The number of carbonyl (C=O) groups excluding carboxylic acids is 3. The molecule has 3 N–H and O–H groups in total. The summed E-state index contributed by atoms with van der Waals surface area (Å²) in [6, 6.07) is 16.6. The Kier molecular flexibility index (Phi) is 11.2. The van der Waals surface area contributed by atoms with E-state index in [1.807, 2.05) is 30.3 Å². The van der Waals surface area contributed by atoms with E-state index in [0.29, 0.717) is 40.0 Å². The first-order valence-electron chi connectivity index (χ1n) is 13.9. The zero-order chi connectivity index (χ0) is 32.3. The van der Waals surface area contributed by atoms with Crippen molar-refractivity contribution in [1.29, 1.82) is 0 Å². The summed E-state index contributed by atoms with van der Waals surface area (Å²) < 4.78 is 27.6. The molecule has 0 saturated carbocycles. The second-order valence-corrected chi connectivity index (χ2v) is 10.00. The number of halogens is 1. The third-order valence-corrected chi connectivity index (χ3v) is 6.81. The van der Waals surface area contributed by atoms with Crippen LogP contribution in [0.1, 0.15) is 36.6 Å². The summed E-state index contributed by atoms with van der Waals surface area (Å²) in [6.45, 7) is 3.43. The minimum Gasteiger partial charge on any atom is -0.493 e. The quantitative estimate of drug-likeness (QED) is 0.140. The Morgan fingerprint density at radius 3 is 2.47 bits per heavy atom. The number of carbonyl (C=O) groups is 3. The molecule has 12 nitrogen and oxygen atoms in total. The van der Waals surface area contributed by atoms with Gasteiger partial charge in [0.25, 0.3) is 5.91 Å². The Labute approximate surface area is 265 Å². The van der Waals surface area contributed by atoms with Gasteiger partial charge in [-0.25, -0.2) is 15.0 Å². The fraction of sp³-hybridized carbons (Fsp3) is 0.250. The number of urea groups is 1. The lowest BCUT2D eigenvalue weighted by molar-refractivity contribution is -0.139. The molecule has 0 spiro atoms. The fourth-order valence-electron chi connectivity index (χ4n) is 4.44. The minimum absolute atomic E-state index is 0.177. The van der Waals surface area contributed by atoms with Gasteiger partial charge in [-0.15, -0.1) is 0 Å². The molecule has 3 amide bonds. The van der Waals surface area contributed by atoms with Crippen molar-refractivity contribution in [2.45, 2.75) is 26.5 Å². The van der Waals surface area contributed by atoms with Crippen LogP contribution in [-0.2, 0) is 20.9 Å². The fourth-order valence-corrected chi connectivity index (χ4v) is 4.72. The lowest BCUT2D eigenvalue weighted by Gasteiger charge is -2.28. The van der Waals surface area contributed by atoms with Gasteiger partial charge in [0.05, 0.1) is 43.7 Å². The number of hydrazone groups is 1. The van der Waals surface area contributed by atoms with Gasteiger partial charge in [0.2, 0.25) is 0 Å². The van der Waals surface area contributed by atoms with Gasteiger partial charge >= 0.3 is 12.0 Å². The van der Waals surface area contributed by atoms with E-state index in [9.17, 15) is 14.4 Å². The molecule has 1 aliphatic rings. The van der Waals surface area contributed by atoms with E-state index >= 15 is 0 Å². The van der Waals surface area contributed by atoms with Crippen LogP contribution >= 0.6 is 11.6 Å². The molecule has 0 saturated heterocycles. The molecule has 3 aromatic carbocycles. The zero-order valence-corrected chi connectivity index (χ0v) is 25.9. The average molecular weight is 637 g/mol. The van der Waals surface area contributed by atoms with E-state index in [1.165, 1.54) is 20.4 Å². The van der Waals surface area contributed by atoms with Gasteiger partial charge in [-0.05, 0) is 54.8 Å². The van der Waals surface area contributed by atoms with Crippen molar-refractivity contribution < 1.29 is 38.1 Å². The lowest BCUT2D eigenvalue weighted by Crippen LogP contribution is -2.45. The number of amides is 3. The summed E-state index contributed by atoms with van der Waals surface area (Å²) >= 11 is 6.44. The van der Waals surface area contributed by atoms with Crippen molar-refractivity contribution in [2.24, 2.45) is 5.10 Å². The van der Waals surface area contributed by atoms with Gasteiger partial charge in [-0.3, -0.25) is 4.79 Å². The monoisotopic (exact) mass is 636 g/mol. The van der Waals surface area contributed by atoms with Crippen molar-refractivity contribution in [2.75, 3.05) is 27.4 Å². The van der Waals surface area contributed by atoms with Crippen LogP contribution in [-0.4, -0.2) is 51.6 Å². The number of hydrogen-bond donors (Lipinski definition) is 3. The second-order valence-electron chi connectivity index (χ2n) is 9.59. The Balaban J connectivity index is 1.37. The first-order chi connectivity index (χ1) is 21.7. The summed E-state index contributed by atoms with van der Waals surface area (Å²) in [6.07, 6.45) is 1.41. The molecule has 4 rings (SSSR count). The second kappa shape index (κ2) is 15.5. The highest BCUT2D eigenvalue weighted by Crippen LogP contribution is 2.37. The van der Waals surface area contributed by atoms with E-state index in [0.717, 1.165) is 5.56 Å². The van der Waals surface area contributed by atoms with Gasteiger partial charge < -0.3 is 34.3 Å². The molecular weight excluding hydrogens is 604 g/mol. The molecular formula is C32H33ClN4O8. The standard InChI is InChI=1S/C32H33ClN4O8/c1-5-43-31(39)28-19(2)35-32(40)36-29(28)22-11-12-24(25(15-22)41-3)44-18-27(38)37-34-16-21-13-23(33)30(26(14-21)42-4)45-17-20-9-7-6-8-10-20/h6-16,29H,5,17-18H2,1-4H3,(H,37,38)(H2,35,36,40)/b34-16-/t29-/m1/s1. The highest BCUT2D eigenvalue weighted by molar-refractivity contribution is 6.32. The molecule has 0 unspecified atom stereocenters. The number of nitrogens with zero attached hydrogens (tertiary/aromatic N) is 1. The molecule has 1 heterocycles. The van der Waals surface area contributed by atoms with E-state index < -0.39 is 23.9 Å². The Morgan fingerprint density at radius 2 is 1.76 bits per heavy atom. The molecule has 1 aliphatic heterocycles. The zero-order valence-electron chi connectivity index (χ0n) is 25.1. The number of hydrogen-bond acceptors (Lipinski definition) is 9. The van der Waals surface area contributed by atoms with Crippen LogP contribution in [0, 0.1) is 0 Å². The van der Waals surface area contributed by atoms with Gasteiger partial charge in [0, 0.05) is 5.70 Å². The average Bonchev–Trinajstić information content (AvgIpc) is 3.03. The van der Waals surface area contributed by atoms with Crippen molar-refractivity contribution in [3.8, 4) is 23.0 Å². The molecule has 3 aromatic rings. The highest BCUT2D eigenvalue weighted by atomic mass is 35.5. The highest BCUT2D eigenvalue weighted by Gasteiger charge is 2.32. The maximum atomic E-state index is 12.6. The Hall–Kier alpha value is -5.23. The molecule has 0 fully saturated rings. The molecule has 236 valence electrons. The number of methoxy groups -OCH3 is 2. The maximum absolute atomic E-state index is 12.6. The van der Waals surface area contributed by atoms with Crippen LogP contribution < -0.4 is 35.0 Å². The van der Waals surface area contributed by atoms with Crippen molar-refractivity contribution >= 4 is 35.7 Å². The van der Waals surface area contributed by atoms with E-state index in [4.69, 9.17) is 35.3 Å². The third-order valence-electron chi connectivity index (χ3n) is 6.52. The number of ether oxygens (including phenoxy) is 5. The van der Waals surface area contributed by atoms with Crippen LogP contribution in [0.25, 0.3) is 0 Å². The first-order valence-corrected chi connectivity index (χ1v) is 14.2. The number of esters is 1. The summed E-state index contributed by atoms with van der Waals surface area (Å²) in [5.74, 6) is 0.261. The lowest BCUT2D eigenvalue weighted by atomic mass is 9.95. The largest absolute Gasteiger partial charge is 0.493 e.